The molecule has 3 fully saturated rings. The molecule has 2 saturated heterocycles. The molecule has 224 valence electrons. The second-order valence-corrected chi connectivity index (χ2v) is 12.5. The molecule has 10 atom stereocenters. The second-order valence-electron chi connectivity index (χ2n) is 9.71. The van der Waals surface area contributed by atoms with Gasteiger partial charge in [-0.1, -0.05) is 17.5 Å². The maximum Gasteiger partial charge on any atom is 0.387 e. The number of halogens is 2. The molecule has 0 radical (unpaired) electrons. The van der Waals surface area contributed by atoms with Crippen molar-refractivity contribution in [2.75, 3.05) is 12.3 Å². The number of rotatable bonds is 7. The Morgan fingerprint density at radius 1 is 1.17 bits per heavy atom. The van der Waals surface area contributed by atoms with E-state index >= 15 is 8.78 Å². The minimum absolute atomic E-state index is 0.109. The number of nitrogens with one attached hydrogen (secondary N) is 2. The van der Waals surface area contributed by atoms with E-state index in [-0.39, 0.29) is 28.3 Å². The number of aliphatic hydroxyl groups is 2. The number of hydrogen-bond donors (Lipinski definition) is 6. The van der Waals surface area contributed by atoms with E-state index in [2.05, 4.69) is 47.5 Å². The van der Waals surface area contributed by atoms with Gasteiger partial charge in [0.15, 0.2) is 52.7 Å². The van der Waals surface area contributed by atoms with Crippen LogP contribution in [0.2, 0.25) is 0 Å². The fourth-order valence-electron chi connectivity index (χ4n) is 5.17. The number of aromatic amines is 2. The molecule has 19 nitrogen and oxygen atoms in total. The number of H-pyrrole nitrogens is 2. The number of nitrogen functional groups attached to an aromatic ring is 1. The van der Waals surface area contributed by atoms with Gasteiger partial charge in [-0.15, -0.1) is 5.10 Å². The molecule has 42 heavy (non-hydrogen) atoms. The number of ether oxygens (including phenoxy) is 2. The first kappa shape index (κ1) is 27.5. The zero-order valence-electron chi connectivity index (χ0n) is 20.6. The molecule has 0 aromatic carbocycles. The van der Waals surface area contributed by atoms with Crippen LogP contribution in [0.1, 0.15) is 12.5 Å². The van der Waals surface area contributed by atoms with Crippen LogP contribution >= 0.6 is 19.0 Å². The topological polar surface area (TPSA) is 260 Å². The van der Waals surface area contributed by atoms with E-state index in [0.717, 1.165) is 21.9 Å². The van der Waals surface area contributed by atoms with Crippen molar-refractivity contribution in [3.63, 3.8) is 0 Å². The third kappa shape index (κ3) is 3.94. The van der Waals surface area contributed by atoms with Crippen molar-refractivity contribution in [3.8, 4) is 0 Å². The van der Waals surface area contributed by atoms with Crippen molar-refractivity contribution in [1.29, 1.82) is 0 Å². The van der Waals surface area contributed by atoms with Crippen LogP contribution in [-0.4, -0.2) is 104 Å². The van der Waals surface area contributed by atoms with Crippen LogP contribution in [0.3, 0.4) is 0 Å². The summed E-state index contributed by atoms with van der Waals surface area (Å²) in [6.07, 6.45) is -11.5. The van der Waals surface area contributed by atoms with E-state index in [1.807, 2.05) is 0 Å². The molecule has 1 aliphatic carbocycles. The Labute approximate surface area is 234 Å². The summed E-state index contributed by atoms with van der Waals surface area (Å²) in [5.74, 6) is -0.280. The SMILES string of the molecule is Nc1nc2c(ncn2[C@@H]2O[C@H](CO)[C@@H](F)[C@H]2OP(=O)(S)OC2[C@H]3O[C@@H](n4nnc5c(=O)[nH]cnc54)[C@@H](F)[C@@]23O)c(=O)[nH]1. The van der Waals surface area contributed by atoms with Crippen molar-refractivity contribution < 1.29 is 42.1 Å². The zero-order chi connectivity index (χ0) is 29.7. The van der Waals surface area contributed by atoms with Crippen molar-refractivity contribution in [2.24, 2.45) is 0 Å². The van der Waals surface area contributed by atoms with E-state index < -0.39 is 79.3 Å². The summed E-state index contributed by atoms with van der Waals surface area (Å²) in [5, 5.41) is 27.9. The molecule has 3 aliphatic rings. The van der Waals surface area contributed by atoms with Crippen LogP contribution in [-0.2, 0) is 23.1 Å². The molecule has 23 heteroatoms. The van der Waals surface area contributed by atoms with Gasteiger partial charge in [0, 0.05) is 0 Å². The molecule has 4 aromatic heterocycles. The number of nitrogens with two attached hydrogens (primary N) is 1. The first-order valence-electron chi connectivity index (χ1n) is 12.1. The molecule has 0 amide bonds. The van der Waals surface area contributed by atoms with Gasteiger partial charge in [0.2, 0.25) is 5.95 Å². The van der Waals surface area contributed by atoms with Gasteiger partial charge in [-0.25, -0.2) is 23.3 Å². The summed E-state index contributed by atoms with van der Waals surface area (Å²) in [5.41, 5.74) is 1.34. The van der Waals surface area contributed by atoms with Crippen LogP contribution < -0.4 is 16.9 Å². The quantitative estimate of drug-likeness (QED) is 0.0974. The van der Waals surface area contributed by atoms with Gasteiger partial charge in [0.1, 0.15) is 24.4 Å². The van der Waals surface area contributed by atoms with Crippen molar-refractivity contribution >= 4 is 47.3 Å². The first-order chi connectivity index (χ1) is 19.9. The summed E-state index contributed by atoms with van der Waals surface area (Å²) in [6, 6.07) is 0. The molecular weight excluding hydrogens is 613 g/mol. The normalized spacial score (nSPS) is 35.5. The smallest absolute Gasteiger partial charge is 0.387 e. The van der Waals surface area contributed by atoms with Gasteiger partial charge in [-0.05, 0) is 0 Å². The number of alkyl halides is 2. The number of aliphatic hydroxyl groups excluding tert-OH is 1. The maximum atomic E-state index is 15.5. The molecule has 2 unspecified atom stereocenters. The Balaban J connectivity index is 1.11. The monoisotopic (exact) mass is 632 g/mol. The van der Waals surface area contributed by atoms with Crippen molar-refractivity contribution in [2.45, 2.75) is 54.8 Å². The maximum absolute atomic E-state index is 15.5. The van der Waals surface area contributed by atoms with E-state index in [9.17, 15) is 24.4 Å². The molecule has 2 aliphatic heterocycles. The van der Waals surface area contributed by atoms with Gasteiger partial charge in [-0.3, -0.25) is 28.2 Å². The van der Waals surface area contributed by atoms with Gasteiger partial charge < -0.3 is 30.4 Å². The molecule has 0 bridgehead atoms. The average Bonchev–Trinajstić information content (AvgIpc) is 3.45. The first-order valence-corrected chi connectivity index (χ1v) is 14.8. The summed E-state index contributed by atoms with van der Waals surface area (Å²) in [6.45, 7) is -5.44. The summed E-state index contributed by atoms with van der Waals surface area (Å²) in [7, 11) is 0. The van der Waals surface area contributed by atoms with Crippen LogP contribution in [0.15, 0.2) is 22.2 Å². The Hall–Kier alpha value is -3.37. The molecule has 1 saturated carbocycles. The lowest BCUT2D eigenvalue weighted by Gasteiger charge is -2.25. The minimum Gasteiger partial charge on any atom is -0.394 e. The van der Waals surface area contributed by atoms with E-state index in [1.54, 1.807) is 0 Å². The number of thiol groups is 1. The predicted octanol–water partition coefficient (Wildman–Crippen LogP) is -1.75. The summed E-state index contributed by atoms with van der Waals surface area (Å²) < 4.78 is 67.8. The van der Waals surface area contributed by atoms with E-state index in [0.29, 0.717) is 0 Å². The van der Waals surface area contributed by atoms with Gasteiger partial charge in [-0.2, -0.15) is 9.67 Å². The fourth-order valence-corrected chi connectivity index (χ4v) is 6.95. The third-order valence-corrected chi connectivity index (χ3v) is 8.80. The number of imidazole rings is 1. The van der Waals surface area contributed by atoms with Crippen LogP contribution in [0.5, 0.6) is 0 Å². The fraction of sp³-hybridized carbons (Fsp3) is 0.526. The number of anilines is 1. The Morgan fingerprint density at radius 3 is 2.67 bits per heavy atom. The highest BCUT2D eigenvalue weighted by Gasteiger charge is 2.80. The van der Waals surface area contributed by atoms with Gasteiger partial charge >= 0.3 is 6.80 Å². The average molecular weight is 632 g/mol. The van der Waals surface area contributed by atoms with Crippen LogP contribution in [0, 0.1) is 0 Å². The standard InChI is InChI=1S/C19H19F2N10O9PS/c20-5-4(1-32)37-16(30-3-25-6-13(30)26-18(22)27-15(6)34)8(5)39-41(36,42)40-11-10-19(11,35)9(21)17(38-10)31-12-7(28-29-31)14(33)24-2-23-12/h2-5,8-11,16-17,32,35H,1H2,(H,36,42)(H,23,24,33)(H3,22,26,27,34)/t4-,5-,8-,9-,10-,11?,16-,17-,19+,41?/m1/s1. The Kier molecular flexibility index (Phi) is 6.09. The molecule has 6 heterocycles. The zero-order valence-corrected chi connectivity index (χ0v) is 22.4. The van der Waals surface area contributed by atoms with E-state index in [1.165, 1.54) is 0 Å². The number of aromatic nitrogens is 9. The number of fused-ring (bicyclic) bond motifs is 3. The van der Waals surface area contributed by atoms with Gasteiger partial charge in [0.25, 0.3) is 11.1 Å². The van der Waals surface area contributed by atoms with Gasteiger partial charge in [0.05, 0.1) is 19.3 Å². The highest BCUT2D eigenvalue weighted by Crippen LogP contribution is 2.66. The molecule has 4 aromatic rings. The van der Waals surface area contributed by atoms with Crippen molar-refractivity contribution in [1.82, 2.24) is 44.5 Å². The highest BCUT2D eigenvalue weighted by atomic mass is 32.7. The Morgan fingerprint density at radius 2 is 1.95 bits per heavy atom. The second kappa shape index (κ2) is 9.31. The largest absolute Gasteiger partial charge is 0.394 e. The Bertz CT molecular complexity index is 1890. The lowest BCUT2D eigenvalue weighted by Crippen LogP contribution is -2.35. The molecular formula is C19H19F2N10O9PS. The molecule has 0 spiro atoms. The predicted molar refractivity (Wildman–Crippen MR) is 134 cm³/mol. The number of hydrogen-bond acceptors (Lipinski definition) is 15. The minimum atomic E-state index is -4.63. The summed E-state index contributed by atoms with van der Waals surface area (Å²) >= 11 is 3.88. The van der Waals surface area contributed by atoms with Crippen LogP contribution in [0.25, 0.3) is 22.3 Å². The van der Waals surface area contributed by atoms with Crippen molar-refractivity contribution in [3.05, 3.63) is 33.4 Å². The highest BCUT2D eigenvalue weighted by molar-refractivity contribution is 8.44. The van der Waals surface area contributed by atoms with Crippen LogP contribution in [0.4, 0.5) is 14.7 Å². The lowest BCUT2D eigenvalue weighted by atomic mass is 10.1. The number of nitrogens with zero attached hydrogens (tertiary/aromatic N) is 7. The molecule has 6 N–H and O–H groups in total. The van der Waals surface area contributed by atoms with E-state index in [4.69, 9.17) is 24.3 Å². The molecule has 7 rings (SSSR count). The summed E-state index contributed by atoms with van der Waals surface area (Å²) in [4.78, 5) is 40.4. The lowest BCUT2D eigenvalue weighted by molar-refractivity contribution is -0.0673. The third-order valence-electron chi connectivity index (χ3n) is 7.23.